The molecule has 12 rings (SSSR count). The number of thiophene rings is 1. The van der Waals surface area contributed by atoms with E-state index in [2.05, 4.69) is 229 Å². The van der Waals surface area contributed by atoms with Gasteiger partial charge in [-0.2, -0.15) is 0 Å². The number of hydrogen-bond donors (Lipinski definition) is 0. The largest absolute Gasteiger partial charge is 0.309 e. The fraction of sp³-hybridized carbons (Fsp3) is 0. The Morgan fingerprint density at radius 2 is 0.817 bits per heavy atom. The molecular formula is C58H37NS. The number of fused-ring (bicyclic) bond motifs is 9. The van der Waals surface area contributed by atoms with E-state index < -0.39 is 0 Å². The van der Waals surface area contributed by atoms with Crippen LogP contribution in [0, 0.1) is 0 Å². The molecule has 280 valence electrons. The zero-order chi connectivity index (χ0) is 39.6. The van der Waals surface area contributed by atoms with E-state index in [9.17, 15) is 0 Å². The lowest BCUT2D eigenvalue weighted by molar-refractivity contribution is 1.30. The van der Waals surface area contributed by atoms with Crippen molar-refractivity contribution in [3.8, 4) is 33.4 Å². The van der Waals surface area contributed by atoms with Crippen LogP contribution < -0.4 is 4.90 Å². The smallest absolute Gasteiger partial charge is 0.0640 e. The maximum atomic E-state index is 2.47. The second-order valence-corrected chi connectivity index (χ2v) is 16.6. The molecule has 0 atom stereocenters. The predicted molar refractivity (Wildman–Crippen MR) is 260 cm³/mol. The molecule has 0 aliphatic rings. The maximum absolute atomic E-state index is 2.47. The molecular weight excluding hydrogens is 743 g/mol. The summed E-state index contributed by atoms with van der Waals surface area (Å²) in [5.41, 5.74) is 10.7. The Labute approximate surface area is 352 Å². The summed E-state index contributed by atoms with van der Waals surface area (Å²) in [5, 5.41) is 12.7. The first-order chi connectivity index (χ1) is 29.8. The van der Waals surface area contributed by atoms with Gasteiger partial charge in [-0.25, -0.2) is 0 Å². The number of anilines is 3. The zero-order valence-corrected chi connectivity index (χ0v) is 33.5. The minimum atomic E-state index is 1.11. The van der Waals surface area contributed by atoms with Crippen molar-refractivity contribution >= 4 is 91.7 Å². The van der Waals surface area contributed by atoms with E-state index in [0.717, 1.165) is 11.4 Å². The molecule has 1 nitrogen and oxygen atoms in total. The van der Waals surface area contributed by atoms with E-state index in [4.69, 9.17) is 0 Å². The van der Waals surface area contributed by atoms with Crippen molar-refractivity contribution in [1.29, 1.82) is 0 Å². The van der Waals surface area contributed by atoms with Crippen molar-refractivity contribution in [2.24, 2.45) is 0 Å². The topological polar surface area (TPSA) is 3.24 Å². The molecule has 0 bridgehead atoms. The summed E-state index contributed by atoms with van der Waals surface area (Å²) in [7, 11) is 0. The standard InChI is InChI=1S/C58H37NS/c1-2-14-38(15-3-1)46-34-35-47(51-24-9-8-23-50(46)51)40-28-31-43(32-29-40)59(56-27-13-26-53-54-33-30-39-16-4-7-21-48(39)57(54)60-58(53)56)44-19-12-18-41(36-44)55-37-42-17-5-6-20-45(42)49-22-10-11-25-52(49)55/h1-37H. The van der Waals surface area contributed by atoms with Crippen molar-refractivity contribution < 1.29 is 0 Å². The minimum absolute atomic E-state index is 1.11. The molecule has 0 aliphatic heterocycles. The fourth-order valence-corrected chi connectivity index (χ4v) is 10.8. The molecule has 1 aromatic heterocycles. The van der Waals surface area contributed by atoms with Crippen LogP contribution in [-0.2, 0) is 0 Å². The Hall–Kier alpha value is -7.52. The van der Waals surface area contributed by atoms with Crippen molar-refractivity contribution in [1.82, 2.24) is 0 Å². The molecule has 60 heavy (non-hydrogen) atoms. The Bertz CT molecular complexity index is 3600. The third-order valence-electron chi connectivity index (χ3n) is 12.2. The van der Waals surface area contributed by atoms with Gasteiger partial charge in [0.25, 0.3) is 0 Å². The van der Waals surface area contributed by atoms with Crippen molar-refractivity contribution in [2.45, 2.75) is 0 Å². The first-order valence-corrected chi connectivity index (χ1v) is 21.4. The molecule has 2 heteroatoms. The second kappa shape index (κ2) is 14.1. The number of hydrogen-bond acceptors (Lipinski definition) is 2. The van der Waals surface area contributed by atoms with Crippen LogP contribution in [0.15, 0.2) is 224 Å². The highest BCUT2D eigenvalue weighted by Gasteiger charge is 2.20. The summed E-state index contributed by atoms with van der Waals surface area (Å²) in [6, 6.07) is 82.4. The van der Waals surface area contributed by atoms with Gasteiger partial charge in [0, 0.05) is 26.8 Å². The van der Waals surface area contributed by atoms with Crippen LogP contribution in [0.3, 0.4) is 0 Å². The van der Waals surface area contributed by atoms with Gasteiger partial charge in [-0.05, 0) is 113 Å². The van der Waals surface area contributed by atoms with Crippen molar-refractivity contribution in [3.05, 3.63) is 224 Å². The van der Waals surface area contributed by atoms with Gasteiger partial charge in [0.1, 0.15) is 0 Å². The fourth-order valence-electron chi connectivity index (χ4n) is 9.43. The summed E-state index contributed by atoms with van der Waals surface area (Å²) in [5.74, 6) is 0. The van der Waals surface area contributed by atoms with Crippen LogP contribution in [0.25, 0.3) is 96.6 Å². The highest BCUT2D eigenvalue weighted by Crippen LogP contribution is 2.48. The molecule has 0 N–H and O–H groups in total. The lowest BCUT2D eigenvalue weighted by Gasteiger charge is -2.27. The molecule has 0 radical (unpaired) electrons. The van der Waals surface area contributed by atoms with Gasteiger partial charge in [0.2, 0.25) is 0 Å². The van der Waals surface area contributed by atoms with Crippen LogP contribution in [0.2, 0.25) is 0 Å². The minimum Gasteiger partial charge on any atom is -0.309 e. The number of benzene rings is 11. The van der Waals surface area contributed by atoms with Crippen LogP contribution in [0.4, 0.5) is 17.1 Å². The van der Waals surface area contributed by atoms with Crippen LogP contribution >= 0.6 is 11.3 Å². The summed E-state index contributed by atoms with van der Waals surface area (Å²) in [4.78, 5) is 2.47. The Kier molecular flexibility index (Phi) is 8.11. The third kappa shape index (κ3) is 5.61. The number of rotatable bonds is 6. The van der Waals surface area contributed by atoms with E-state index in [1.807, 2.05) is 11.3 Å². The van der Waals surface area contributed by atoms with Gasteiger partial charge in [0.05, 0.1) is 10.4 Å². The van der Waals surface area contributed by atoms with Crippen molar-refractivity contribution in [2.75, 3.05) is 4.90 Å². The lowest BCUT2D eigenvalue weighted by atomic mass is 9.92. The molecule has 0 spiro atoms. The molecule has 0 unspecified atom stereocenters. The average Bonchev–Trinajstić information content (AvgIpc) is 3.72. The Balaban J connectivity index is 1.05. The van der Waals surface area contributed by atoms with Gasteiger partial charge in [-0.3, -0.25) is 0 Å². The molecule has 0 fully saturated rings. The first kappa shape index (κ1) is 34.5. The van der Waals surface area contributed by atoms with E-state index in [1.165, 1.54) is 102 Å². The predicted octanol–water partition coefficient (Wildman–Crippen LogP) is 17.1. The van der Waals surface area contributed by atoms with E-state index >= 15 is 0 Å². The number of nitrogens with zero attached hydrogens (tertiary/aromatic N) is 1. The summed E-state index contributed by atoms with van der Waals surface area (Å²) in [6.07, 6.45) is 0. The highest BCUT2D eigenvalue weighted by atomic mass is 32.1. The summed E-state index contributed by atoms with van der Waals surface area (Å²) >= 11 is 1.90. The lowest BCUT2D eigenvalue weighted by Crippen LogP contribution is -2.10. The SMILES string of the molecule is c1ccc(-c2ccc(-c3ccc(N(c4cccc(-c5cc6ccccc6c6ccccc56)c4)c4cccc5c4sc4c6ccccc6ccc54)cc3)c3ccccc23)cc1. The second-order valence-electron chi connectivity index (χ2n) is 15.6. The van der Waals surface area contributed by atoms with Gasteiger partial charge in [0.15, 0.2) is 0 Å². The normalized spacial score (nSPS) is 11.7. The molecule has 0 saturated carbocycles. The van der Waals surface area contributed by atoms with Crippen LogP contribution in [0.1, 0.15) is 0 Å². The highest BCUT2D eigenvalue weighted by molar-refractivity contribution is 7.27. The maximum Gasteiger partial charge on any atom is 0.0640 e. The Morgan fingerprint density at radius 3 is 1.57 bits per heavy atom. The average molecular weight is 780 g/mol. The van der Waals surface area contributed by atoms with Gasteiger partial charge in [-0.1, -0.05) is 188 Å². The molecule has 1 heterocycles. The molecule has 0 saturated heterocycles. The molecule has 12 aromatic rings. The zero-order valence-electron chi connectivity index (χ0n) is 32.7. The molecule has 0 aliphatic carbocycles. The summed E-state index contributed by atoms with van der Waals surface area (Å²) in [6.45, 7) is 0. The van der Waals surface area contributed by atoms with E-state index in [-0.39, 0.29) is 0 Å². The van der Waals surface area contributed by atoms with Crippen LogP contribution in [0.5, 0.6) is 0 Å². The monoisotopic (exact) mass is 779 g/mol. The van der Waals surface area contributed by atoms with Gasteiger partial charge >= 0.3 is 0 Å². The summed E-state index contributed by atoms with van der Waals surface area (Å²) < 4.78 is 2.60. The molecule has 0 amide bonds. The third-order valence-corrected chi connectivity index (χ3v) is 13.5. The van der Waals surface area contributed by atoms with Gasteiger partial charge < -0.3 is 4.90 Å². The van der Waals surface area contributed by atoms with Crippen molar-refractivity contribution in [3.63, 3.8) is 0 Å². The van der Waals surface area contributed by atoms with E-state index in [1.54, 1.807) is 0 Å². The Morgan fingerprint density at radius 1 is 0.267 bits per heavy atom. The van der Waals surface area contributed by atoms with E-state index in [0.29, 0.717) is 0 Å². The first-order valence-electron chi connectivity index (χ1n) is 20.6. The molecule has 11 aromatic carbocycles. The quantitative estimate of drug-likeness (QED) is 0.152. The van der Waals surface area contributed by atoms with Gasteiger partial charge in [-0.15, -0.1) is 11.3 Å². The van der Waals surface area contributed by atoms with Crippen LogP contribution in [-0.4, -0.2) is 0 Å².